The van der Waals surface area contributed by atoms with Gasteiger partial charge < -0.3 is 5.73 Å². The zero-order valence-corrected chi connectivity index (χ0v) is 8.94. The van der Waals surface area contributed by atoms with Crippen molar-refractivity contribution in [2.45, 2.75) is 5.75 Å². The van der Waals surface area contributed by atoms with Gasteiger partial charge in [-0.15, -0.1) is 0 Å². The molecule has 0 saturated heterocycles. The van der Waals surface area contributed by atoms with Crippen LogP contribution < -0.4 is 10.5 Å². The molecule has 1 heterocycles. The van der Waals surface area contributed by atoms with E-state index >= 15 is 0 Å². The molecule has 0 fully saturated rings. The van der Waals surface area contributed by atoms with Gasteiger partial charge in [0.25, 0.3) is 0 Å². The highest BCUT2D eigenvalue weighted by atomic mass is 79.9. The summed E-state index contributed by atoms with van der Waals surface area (Å²) < 4.78 is 25.6. The van der Waals surface area contributed by atoms with Crippen LogP contribution in [0.4, 0.5) is 11.4 Å². The van der Waals surface area contributed by atoms with E-state index < -0.39 is 10.0 Å². The zero-order valence-electron chi connectivity index (χ0n) is 6.54. The first-order valence-corrected chi connectivity index (χ1v) is 6.01. The van der Waals surface area contributed by atoms with Gasteiger partial charge in [0.2, 0.25) is 10.0 Å². The lowest BCUT2D eigenvalue weighted by molar-refractivity contribution is 0.602. The lowest BCUT2D eigenvalue weighted by Gasteiger charge is -2.03. The quantitative estimate of drug-likeness (QED) is 0.693. The Bertz CT molecular complexity index is 433. The molecule has 1 aliphatic rings. The summed E-state index contributed by atoms with van der Waals surface area (Å²) in [5.41, 5.74) is 7.29. The van der Waals surface area contributed by atoms with Gasteiger partial charge in [-0.2, -0.15) is 0 Å². The van der Waals surface area contributed by atoms with E-state index in [0.717, 1.165) is 4.47 Å². The van der Waals surface area contributed by atoms with Crippen molar-refractivity contribution in [3.8, 4) is 0 Å². The van der Waals surface area contributed by atoms with E-state index in [9.17, 15) is 8.42 Å². The topological polar surface area (TPSA) is 72.2 Å². The number of hydrogen-bond donors (Lipinski definition) is 2. The van der Waals surface area contributed by atoms with E-state index in [1.807, 2.05) is 0 Å². The molecule has 0 aliphatic carbocycles. The molecular formula is C7H7BrN2O2S. The number of sulfonamides is 1. The van der Waals surface area contributed by atoms with Crippen molar-refractivity contribution < 1.29 is 8.42 Å². The number of nitrogens with two attached hydrogens (primary N) is 1. The average molecular weight is 263 g/mol. The van der Waals surface area contributed by atoms with Gasteiger partial charge >= 0.3 is 0 Å². The number of halogens is 1. The van der Waals surface area contributed by atoms with Gasteiger partial charge in [-0.25, -0.2) is 8.42 Å². The second-order valence-electron chi connectivity index (χ2n) is 2.85. The lowest BCUT2D eigenvalue weighted by Crippen LogP contribution is -2.06. The minimum atomic E-state index is -3.21. The maximum Gasteiger partial charge on any atom is 0.237 e. The summed E-state index contributed by atoms with van der Waals surface area (Å²) in [5.74, 6) is -0.00600. The van der Waals surface area contributed by atoms with Crippen molar-refractivity contribution in [3.05, 3.63) is 22.2 Å². The number of nitrogen functional groups attached to an aromatic ring is 1. The molecule has 0 spiro atoms. The van der Waals surface area contributed by atoms with Crippen molar-refractivity contribution >= 4 is 37.3 Å². The maximum absolute atomic E-state index is 11.2. The van der Waals surface area contributed by atoms with Crippen molar-refractivity contribution in [1.82, 2.24) is 0 Å². The van der Waals surface area contributed by atoms with Gasteiger partial charge in [0, 0.05) is 10.0 Å². The van der Waals surface area contributed by atoms with Crippen LogP contribution in [0.15, 0.2) is 16.6 Å². The van der Waals surface area contributed by atoms with E-state index in [2.05, 4.69) is 20.7 Å². The van der Waals surface area contributed by atoms with Crippen molar-refractivity contribution in [2.24, 2.45) is 0 Å². The predicted molar refractivity (Wildman–Crippen MR) is 54.8 cm³/mol. The monoisotopic (exact) mass is 262 g/mol. The van der Waals surface area contributed by atoms with Crippen molar-refractivity contribution in [1.29, 1.82) is 0 Å². The molecule has 1 aromatic rings. The molecule has 70 valence electrons. The molecular weight excluding hydrogens is 256 g/mol. The lowest BCUT2D eigenvalue weighted by atomic mass is 10.2. The molecule has 0 saturated carbocycles. The van der Waals surface area contributed by atoms with Gasteiger partial charge in [-0.05, 0) is 12.1 Å². The highest BCUT2D eigenvalue weighted by Gasteiger charge is 2.27. The molecule has 0 aromatic heterocycles. The fourth-order valence-electron chi connectivity index (χ4n) is 1.28. The molecule has 1 aromatic carbocycles. The van der Waals surface area contributed by atoms with E-state index in [4.69, 9.17) is 5.73 Å². The molecule has 2 rings (SSSR count). The Kier molecular flexibility index (Phi) is 1.78. The molecule has 0 amide bonds. The summed E-state index contributed by atoms with van der Waals surface area (Å²) in [6.07, 6.45) is 0. The van der Waals surface area contributed by atoms with Crippen LogP contribution >= 0.6 is 15.9 Å². The Morgan fingerprint density at radius 1 is 1.46 bits per heavy atom. The third-order valence-electron chi connectivity index (χ3n) is 1.88. The van der Waals surface area contributed by atoms with Crippen molar-refractivity contribution in [3.63, 3.8) is 0 Å². The van der Waals surface area contributed by atoms with Crippen LogP contribution in [0.2, 0.25) is 0 Å². The SMILES string of the molecule is Nc1ccc(Br)c2c1NS(=O)(=O)C2. The smallest absolute Gasteiger partial charge is 0.237 e. The first kappa shape index (κ1) is 8.83. The van der Waals surface area contributed by atoms with E-state index in [1.165, 1.54) is 0 Å². The molecule has 0 atom stereocenters. The minimum absolute atomic E-state index is 0.00600. The fraction of sp³-hybridized carbons (Fsp3) is 0.143. The number of benzene rings is 1. The second kappa shape index (κ2) is 2.62. The Morgan fingerprint density at radius 3 is 2.77 bits per heavy atom. The number of anilines is 2. The first-order chi connectivity index (χ1) is 5.99. The number of hydrogen-bond acceptors (Lipinski definition) is 3. The van der Waals surface area contributed by atoms with Gasteiger partial charge in [-0.1, -0.05) is 15.9 Å². The molecule has 1 aliphatic heterocycles. The van der Waals surface area contributed by atoms with Crippen LogP contribution in [0.3, 0.4) is 0 Å². The van der Waals surface area contributed by atoms with Gasteiger partial charge in [0.1, 0.15) is 0 Å². The summed E-state index contributed by atoms with van der Waals surface area (Å²) in [4.78, 5) is 0. The summed E-state index contributed by atoms with van der Waals surface area (Å²) in [7, 11) is -3.21. The molecule has 0 unspecified atom stereocenters. The Hall–Kier alpha value is -0.750. The third kappa shape index (κ3) is 1.40. The van der Waals surface area contributed by atoms with Crippen LogP contribution in [0, 0.1) is 0 Å². The highest BCUT2D eigenvalue weighted by molar-refractivity contribution is 9.10. The van der Waals surface area contributed by atoms with Crippen molar-refractivity contribution in [2.75, 3.05) is 10.5 Å². The predicted octanol–water partition coefficient (Wildman–Crippen LogP) is 1.29. The Labute approximate surface area is 84.3 Å². The van der Waals surface area contributed by atoms with E-state index in [0.29, 0.717) is 16.9 Å². The standard InChI is InChI=1S/C7H7BrN2O2S/c8-5-1-2-6(9)7-4(5)3-13(11,12)10-7/h1-2,10H,3,9H2. The number of nitrogens with one attached hydrogen (secondary N) is 1. The van der Waals surface area contributed by atoms with Crippen LogP contribution in [-0.2, 0) is 15.8 Å². The molecule has 13 heavy (non-hydrogen) atoms. The van der Waals surface area contributed by atoms with Crippen LogP contribution in [-0.4, -0.2) is 8.42 Å². The highest BCUT2D eigenvalue weighted by Crippen LogP contribution is 2.37. The number of fused-ring (bicyclic) bond motifs is 1. The minimum Gasteiger partial charge on any atom is -0.397 e. The Balaban J connectivity index is 2.69. The molecule has 4 nitrogen and oxygen atoms in total. The van der Waals surface area contributed by atoms with Gasteiger partial charge in [0.15, 0.2) is 0 Å². The molecule has 0 bridgehead atoms. The summed E-state index contributed by atoms with van der Waals surface area (Å²) in [6.45, 7) is 0. The normalized spacial score (nSPS) is 17.9. The average Bonchev–Trinajstić information content (AvgIpc) is 2.35. The maximum atomic E-state index is 11.2. The zero-order chi connectivity index (χ0) is 9.64. The van der Waals surface area contributed by atoms with E-state index in [-0.39, 0.29) is 5.75 Å². The first-order valence-electron chi connectivity index (χ1n) is 3.57. The molecule has 0 radical (unpaired) electrons. The van der Waals surface area contributed by atoms with Gasteiger partial charge in [-0.3, -0.25) is 4.72 Å². The summed E-state index contributed by atoms with van der Waals surface area (Å²) in [6, 6.07) is 3.41. The van der Waals surface area contributed by atoms with Crippen LogP contribution in [0.1, 0.15) is 5.56 Å². The fourth-order valence-corrected chi connectivity index (χ4v) is 3.24. The summed E-state index contributed by atoms with van der Waals surface area (Å²) >= 11 is 3.27. The largest absolute Gasteiger partial charge is 0.397 e. The molecule has 3 N–H and O–H groups in total. The number of rotatable bonds is 0. The van der Waals surface area contributed by atoms with E-state index in [1.54, 1.807) is 12.1 Å². The second-order valence-corrected chi connectivity index (χ2v) is 5.43. The molecule has 6 heteroatoms. The summed E-state index contributed by atoms with van der Waals surface area (Å²) in [5, 5.41) is 0. The van der Waals surface area contributed by atoms with Crippen LogP contribution in [0.5, 0.6) is 0 Å². The van der Waals surface area contributed by atoms with Crippen LogP contribution in [0.25, 0.3) is 0 Å². The van der Waals surface area contributed by atoms with Gasteiger partial charge in [0.05, 0.1) is 17.1 Å². The third-order valence-corrected chi connectivity index (χ3v) is 3.81. The Morgan fingerprint density at radius 2 is 2.15 bits per heavy atom.